The van der Waals surface area contributed by atoms with E-state index in [2.05, 4.69) is 33.7 Å². The van der Waals surface area contributed by atoms with Gasteiger partial charge in [0.1, 0.15) is 10.8 Å². The molecular weight excluding hydrogens is 375 g/mol. The van der Waals surface area contributed by atoms with Crippen molar-refractivity contribution in [3.8, 4) is 0 Å². The number of anilines is 1. The van der Waals surface area contributed by atoms with E-state index in [1.807, 2.05) is 11.0 Å². The summed E-state index contributed by atoms with van der Waals surface area (Å²) in [5, 5.41) is 13.4. The van der Waals surface area contributed by atoms with Crippen molar-refractivity contribution in [3.63, 3.8) is 0 Å². The molecule has 0 bridgehead atoms. The van der Waals surface area contributed by atoms with E-state index in [1.54, 1.807) is 12.1 Å². The number of rotatable bonds is 7. The molecule has 0 atom stereocenters. The van der Waals surface area contributed by atoms with E-state index in [0.717, 1.165) is 39.8 Å². The highest BCUT2D eigenvalue weighted by Crippen LogP contribution is 2.20. The number of amides is 1. The van der Waals surface area contributed by atoms with Gasteiger partial charge in [-0.3, -0.25) is 4.79 Å². The number of benzene rings is 2. The molecule has 0 spiro atoms. The van der Waals surface area contributed by atoms with Crippen molar-refractivity contribution in [2.24, 2.45) is 0 Å². The van der Waals surface area contributed by atoms with Crippen LogP contribution in [0.4, 0.5) is 9.52 Å². The summed E-state index contributed by atoms with van der Waals surface area (Å²) in [5.74, 6) is 0.00534. The first-order valence-corrected chi connectivity index (χ1v) is 10.1. The van der Waals surface area contributed by atoms with Gasteiger partial charge >= 0.3 is 0 Å². The first-order valence-electron chi connectivity index (χ1n) is 9.32. The zero-order valence-corrected chi connectivity index (χ0v) is 16.2. The van der Waals surface area contributed by atoms with Crippen LogP contribution >= 0.6 is 11.3 Å². The van der Waals surface area contributed by atoms with Crippen LogP contribution in [-0.4, -0.2) is 27.5 Å². The molecule has 5 nitrogen and oxygen atoms in total. The Hall–Kier alpha value is -2.80. The minimum atomic E-state index is -0.236. The Morgan fingerprint density at radius 3 is 2.68 bits per heavy atom. The van der Waals surface area contributed by atoms with Gasteiger partial charge in [0, 0.05) is 32.5 Å². The van der Waals surface area contributed by atoms with E-state index in [4.69, 9.17) is 0 Å². The number of aromatic nitrogens is 2. The Morgan fingerprint density at radius 1 is 1.07 bits per heavy atom. The zero-order chi connectivity index (χ0) is 19.3. The van der Waals surface area contributed by atoms with Crippen LogP contribution in [0.15, 0.2) is 48.5 Å². The fourth-order valence-electron chi connectivity index (χ4n) is 3.28. The van der Waals surface area contributed by atoms with E-state index < -0.39 is 0 Å². The minimum absolute atomic E-state index is 0.236. The van der Waals surface area contributed by atoms with Crippen molar-refractivity contribution in [1.82, 2.24) is 15.1 Å². The van der Waals surface area contributed by atoms with Crippen LogP contribution in [0.1, 0.15) is 34.5 Å². The summed E-state index contributed by atoms with van der Waals surface area (Å²) < 4.78 is 13.0. The lowest BCUT2D eigenvalue weighted by Gasteiger charge is -2.16. The summed E-state index contributed by atoms with van der Waals surface area (Å²) in [6, 6.07) is 14.7. The van der Waals surface area contributed by atoms with Gasteiger partial charge in [-0.15, -0.1) is 10.2 Å². The molecule has 0 aliphatic carbocycles. The van der Waals surface area contributed by atoms with Gasteiger partial charge < -0.3 is 10.2 Å². The van der Waals surface area contributed by atoms with E-state index in [9.17, 15) is 9.18 Å². The maximum atomic E-state index is 13.0. The van der Waals surface area contributed by atoms with Crippen LogP contribution in [-0.2, 0) is 24.3 Å². The molecule has 1 fully saturated rings. The van der Waals surface area contributed by atoms with Crippen molar-refractivity contribution in [2.45, 2.75) is 32.4 Å². The number of hydrogen-bond acceptors (Lipinski definition) is 5. The molecule has 0 saturated carbocycles. The van der Waals surface area contributed by atoms with Gasteiger partial charge in [-0.25, -0.2) is 4.39 Å². The Bertz CT molecular complexity index is 957. The van der Waals surface area contributed by atoms with Gasteiger partial charge in [-0.05, 0) is 35.2 Å². The fraction of sp³-hybridized carbons (Fsp3) is 0.286. The second-order valence-electron chi connectivity index (χ2n) is 6.90. The molecule has 1 amide bonds. The molecular formula is C21H21FN4OS. The third-order valence-corrected chi connectivity index (χ3v) is 5.60. The second kappa shape index (κ2) is 8.48. The number of carbonyl (C=O) groups excluding carboxylic acids is 1. The number of hydrogen-bond donors (Lipinski definition) is 1. The second-order valence-corrected chi connectivity index (χ2v) is 7.96. The smallest absolute Gasteiger partial charge is 0.222 e. The number of nitrogens with zero attached hydrogens (tertiary/aromatic N) is 3. The highest BCUT2D eigenvalue weighted by Gasteiger charge is 2.19. The van der Waals surface area contributed by atoms with Crippen LogP contribution in [0.3, 0.4) is 0 Å². The topological polar surface area (TPSA) is 58.1 Å². The summed E-state index contributed by atoms with van der Waals surface area (Å²) in [6.45, 7) is 2.17. The fourth-order valence-corrected chi connectivity index (χ4v) is 4.05. The molecule has 1 aliphatic rings. The highest BCUT2D eigenvalue weighted by atomic mass is 32.1. The zero-order valence-electron chi connectivity index (χ0n) is 15.4. The van der Waals surface area contributed by atoms with Gasteiger partial charge in [0.25, 0.3) is 0 Å². The number of carbonyl (C=O) groups is 1. The molecule has 4 rings (SSSR count). The summed E-state index contributed by atoms with van der Waals surface area (Å²) >= 11 is 1.50. The standard InChI is InChI=1S/C21H21FN4OS/c22-18-8-6-15(7-9-18)12-19-24-25-21(28-19)23-13-16-3-1-4-17(11-16)14-26-10-2-5-20(26)27/h1,3-4,6-9,11H,2,5,10,12-14H2,(H,23,25). The molecule has 0 radical (unpaired) electrons. The quantitative estimate of drug-likeness (QED) is 0.656. The van der Waals surface area contributed by atoms with Crippen LogP contribution in [0, 0.1) is 5.82 Å². The third-order valence-electron chi connectivity index (χ3n) is 4.72. The predicted octanol–water partition coefficient (Wildman–Crippen LogP) is 4.00. The van der Waals surface area contributed by atoms with Crippen LogP contribution in [0.2, 0.25) is 0 Å². The summed E-state index contributed by atoms with van der Waals surface area (Å²) in [7, 11) is 0. The van der Waals surface area contributed by atoms with Gasteiger partial charge in [-0.1, -0.05) is 47.7 Å². The average molecular weight is 396 g/mol. The molecule has 0 unspecified atom stereocenters. The average Bonchev–Trinajstić information content (AvgIpc) is 3.31. The highest BCUT2D eigenvalue weighted by molar-refractivity contribution is 7.15. The monoisotopic (exact) mass is 396 g/mol. The molecule has 1 aliphatic heterocycles. The number of halogens is 1. The van der Waals surface area contributed by atoms with E-state index in [0.29, 0.717) is 25.9 Å². The lowest BCUT2D eigenvalue weighted by molar-refractivity contribution is -0.128. The Kier molecular flexibility index (Phi) is 5.62. The third kappa shape index (κ3) is 4.72. The summed E-state index contributed by atoms with van der Waals surface area (Å²) in [6.07, 6.45) is 2.26. The minimum Gasteiger partial charge on any atom is -0.356 e. The van der Waals surface area contributed by atoms with Gasteiger partial charge in [0.15, 0.2) is 0 Å². The Morgan fingerprint density at radius 2 is 1.89 bits per heavy atom. The number of likely N-dealkylation sites (tertiary alicyclic amines) is 1. The van der Waals surface area contributed by atoms with E-state index in [-0.39, 0.29) is 11.7 Å². The number of nitrogens with one attached hydrogen (secondary N) is 1. The lowest BCUT2D eigenvalue weighted by atomic mass is 10.1. The first kappa shape index (κ1) is 18.6. The maximum Gasteiger partial charge on any atom is 0.222 e. The largest absolute Gasteiger partial charge is 0.356 e. The van der Waals surface area contributed by atoms with Crippen molar-refractivity contribution in [1.29, 1.82) is 0 Å². The molecule has 28 heavy (non-hydrogen) atoms. The molecule has 3 aromatic rings. The predicted molar refractivity (Wildman–Crippen MR) is 108 cm³/mol. The van der Waals surface area contributed by atoms with Gasteiger partial charge in [0.05, 0.1) is 0 Å². The van der Waals surface area contributed by atoms with Crippen LogP contribution in [0.5, 0.6) is 0 Å². The summed E-state index contributed by atoms with van der Waals surface area (Å²) in [4.78, 5) is 13.7. The Balaban J connectivity index is 1.33. The van der Waals surface area contributed by atoms with Crippen molar-refractivity contribution < 1.29 is 9.18 Å². The first-order chi connectivity index (χ1) is 13.7. The molecule has 144 valence electrons. The van der Waals surface area contributed by atoms with Crippen LogP contribution in [0.25, 0.3) is 0 Å². The summed E-state index contributed by atoms with van der Waals surface area (Å²) in [5.41, 5.74) is 3.29. The molecule has 1 saturated heterocycles. The Labute approximate surface area is 167 Å². The van der Waals surface area contributed by atoms with Gasteiger partial charge in [-0.2, -0.15) is 0 Å². The molecule has 7 heteroatoms. The van der Waals surface area contributed by atoms with Crippen LogP contribution < -0.4 is 5.32 Å². The molecule has 1 N–H and O–H groups in total. The van der Waals surface area contributed by atoms with Gasteiger partial charge in [0.2, 0.25) is 11.0 Å². The maximum absolute atomic E-state index is 13.0. The van der Waals surface area contributed by atoms with Crippen molar-refractivity contribution in [3.05, 3.63) is 76.0 Å². The molecule has 2 aromatic carbocycles. The molecule has 1 aromatic heterocycles. The lowest BCUT2D eigenvalue weighted by Crippen LogP contribution is -2.23. The van der Waals surface area contributed by atoms with Crippen molar-refractivity contribution in [2.75, 3.05) is 11.9 Å². The van der Waals surface area contributed by atoms with E-state index >= 15 is 0 Å². The van der Waals surface area contributed by atoms with Crippen molar-refractivity contribution >= 4 is 22.4 Å². The SMILES string of the molecule is O=C1CCCN1Cc1cccc(CNc2nnc(Cc3ccc(F)cc3)s2)c1. The molecule has 2 heterocycles. The normalized spacial score (nSPS) is 13.9. The van der Waals surface area contributed by atoms with E-state index in [1.165, 1.54) is 23.5 Å².